The summed E-state index contributed by atoms with van der Waals surface area (Å²) in [6.45, 7) is 23.2. The van der Waals surface area contributed by atoms with E-state index >= 15 is 0 Å². The lowest BCUT2D eigenvalue weighted by Crippen LogP contribution is -2.34. The van der Waals surface area contributed by atoms with Gasteiger partial charge in [-0.2, -0.15) is 0 Å². The molecule has 0 aromatic carbocycles. The van der Waals surface area contributed by atoms with Gasteiger partial charge < -0.3 is 19.9 Å². The molecule has 0 radical (unpaired) electrons. The number of carboxylic acid groups (broad SMARTS) is 1. The summed E-state index contributed by atoms with van der Waals surface area (Å²) in [6, 6.07) is 0.159. The standard InChI is InChI=1S/C34H69NO2.C17H36O2/c1-3-5-7-9-11-13-15-17-19-21-23-25-27-29-31-33(35-34(36)37)32-30-28-26-24-22-20-18-16-14-12-10-8-6-4-2;1-14(2)12-15(3,4)13-17(7,8)19-11-10-16(5,6)18-9/h33,35H,3-32H2,1-2H3,(H,36,37);14H,10-13H2,1-9H3. The smallest absolute Gasteiger partial charge is 0.404 e. The molecule has 0 rings (SSSR count). The maximum atomic E-state index is 11.2. The van der Waals surface area contributed by atoms with E-state index in [1.807, 2.05) is 0 Å². The Bertz CT molecular complexity index is 791. The van der Waals surface area contributed by atoms with Gasteiger partial charge in [0.15, 0.2) is 0 Å². The van der Waals surface area contributed by atoms with Crippen molar-refractivity contribution in [2.24, 2.45) is 11.3 Å². The predicted molar refractivity (Wildman–Crippen MR) is 248 cm³/mol. The Morgan fingerprint density at radius 3 is 1.14 bits per heavy atom. The molecule has 0 saturated heterocycles. The lowest BCUT2D eigenvalue weighted by atomic mass is 9.76. The molecule has 2 N–H and O–H groups in total. The molecular formula is C51H105NO4. The number of nitrogens with one attached hydrogen (secondary N) is 1. The monoisotopic (exact) mass is 796 g/mol. The van der Waals surface area contributed by atoms with Gasteiger partial charge in [-0.3, -0.25) is 0 Å². The SMILES string of the molecule is CCCCCCCCCCCCCCCCC(CCCCCCCCCCCCCCCC)NC(=O)O.COC(C)(C)CCOC(C)(C)CC(C)(C)CC(C)C. The van der Waals surface area contributed by atoms with Gasteiger partial charge in [-0.25, -0.2) is 4.79 Å². The molecule has 0 spiro atoms. The fourth-order valence-corrected chi connectivity index (χ4v) is 8.69. The van der Waals surface area contributed by atoms with Crippen LogP contribution in [0.15, 0.2) is 0 Å². The third-order valence-electron chi connectivity index (χ3n) is 11.8. The molecule has 0 unspecified atom stereocenters. The third-order valence-corrected chi connectivity index (χ3v) is 11.8. The van der Waals surface area contributed by atoms with Crippen LogP contribution in [0.3, 0.4) is 0 Å². The maximum absolute atomic E-state index is 11.2. The summed E-state index contributed by atoms with van der Waals surface area (Å²) in [5, 5.41) is 12.0. The first-order chi connectivity index (χ1) is 26.6. The van der Waals surface area contributed by atoms with Gasteiger partial charge in [-0.05, 0) is 71.1 Å². The highest BCUT2D eigenvalue weighted by Gasteiger charge is 2.30. The van der Waals surface area contributed by atoms with E-state index in [0.29, 0.717) is 5.41 Å². The molecule has 0 aromatic rings. The zero-order chi connectivity index (χ0) is 42.4. The Morgan fingerprint density at radius 2 is 0.857 bits per heavy atom. The highest BCUT2D eigenvalue weighted by atomic mass is 16.5. The van der Waals surface area contributed by atoms with Crippen LogP contribution in [0.2, 0.25) is 0 Å². The second-order valence-electron chi connectivity index (χ2n) is 20.2. The van der Waals surface area contributed by atoms with Crippen LogP contribution in [0.1, 0.15) is 281 Å². The minimum absolute atomic E-state index is 0.0673. The fourth-order valence-electron chi connectivity index (χ4n) is 8.69. The van der Waals surface area contributed by atoms with Gasteiger partial charge >= 0.3 is 6.09 Å². The molecule has 0 aliphatic rings. The van der Waals surface area contributed by atoms with Crippen molar-refractivity contribution in [3.05, 3.63) is 0 Å². The zero-order valence-corrected chi connectivity index (χ0v) is 40.4. The number of amides is 1. The van der Waals surface area contributed by atoms with E-state index in [2.05, 4.69) is 74.6 Å². The lowest BCUT2D eigenvalue weighted by Gasteiger charge is -2.36. The molecule has 0 bridgehead atoms. The molecule has 56 heavy (non-hydrogen) atoms. The molecule has 0 aromatic heterocycles. The summed E-state index contributed by atoms with van der Waals surface area (Å²) in [4.78, 5) is 11.2. The Labute approximate surface area is 353 Å². The number of rotatable bonds is 40. The Hall–Kier alpha value is -0.810. The summed E-state index contributed by atoms with van der Waals surface area (Å²) >= 11 is 0. The first-order valence-electron chi connectivity index (χ1n) is 24.8. The van der Waals surface area contributed by atoms with Gasteiger partial charge in [0.1, 0.15) is 0 Å². The zero-order valence-electron chi connectivity index (χ0n) is 40.4. The van der Waals surface area contributed by atoms with Crippen molar-refractivity contribution >= 4 is 6.09 Å². The second-order valence-corrected chi connectivity index (χ2v) is 20.2. The van der Waals surface area contributed by atoms with E-state index in [4.69, 9.17) is 9.47 Å². The van der Waals surface area contributed by atoms with Crippen LogP contribution in [0.4, 0.5) is 4.79 Å². The molecule has 338 valence electrons. The Balaban J connectivity index is 0. The minimum atomic E-state index is -0.847. The molecule has 0 atom stereocenters. The molecule has 0 fully saturated rings. The minimum Gasteiger partial charge on any atom is -0.465 e. The van der Waals surface area contributed by atoms with Gasteiger partial charge in [0, 0.05) is 13.2 Å². The molecule has 0 heterocycles. The van der Waals surface area contributed by atoms with Crippen molar-refractivity contribution in [1.29, 1.82) is 0 Å². The number of hydrogen-bond donors (Lipinski definition) is 2. The highest BCUT2D eigenvalue weighted by molar-refractivity contribution is 5.64. The van der Waals surface area contributed by atoms with E-state index < -0.39 is 6.09 Å². The highest BCUT2D eigenvalue weighted by Crippen LogP contribution is 2.36. The van der Waals surface area contributed by atoms with Crippen LogP contribution in [0.5, 0.6) is 0 Å². The van der Waals surface area contributed by atoms with Crippen molar-refractivity contribution in [2.75, 3.05) is 13.7 Å². The summed E-state index contributed by atoms with van der Waals surface area (Å²) in [5.41, 5.74) is 0.167. The van der Waals surface area contributed by atoms with Crippen LogP contribution in [-0.4, -0.2) is 42.2 Å². The molecule has 1 amide bonds. The first kappa shape index (κ1) is 57.3. The van der Waals surface area contributed by atoms with E-state index in [-0.39, 0.29) is 17.2 Å². The van der Waals surface area contributed by atoms with E-state index in [9.17, 15) is 9.90 Å². The Kier molecular flexibility index (Phi) is 39.3. The van der Waals surface area contributed by atoms with Crippen molar-refractivity contribution in [3.8, 4) is 0 Å². The second kappa shape index (κ2) is 38.4. The summed E-state index contributed by atoms with van der Waals surface area (Å²) in [5.74, 6) is 0.734. The number of carbonyl (C=O) groups is 1. The van der Waals surface area contributed by atoms with Crippen molar-refractivity contribution in [2.45, 2.75) is 298 Å². The maximum Gasteiger partial charge on any atom is 0.404 e. The summed E-state index contributed by atoms with van der Waals surface area (Å²) in [7, 11) is 1.76. The van der Waals surface area contributed by atoms with Crippen LogP contribution in [0, 0.1) is 11.3 Å². The number of methoxy groups -OCH3 is 1. The van der Waals surface area contributed by atoms with Crippen LogP contribution in [-0.2, 0) is 9.47 Å². The molecule has 5 heteroatoms. The normalized spacial score (nSPS) is 12.4. The molecule has 0 saturated carbocycles. The molecule has 0 aliphatic carbocycles. The number of unbranched alkanes of at least 4 members (excludes halogenated alkanes) is 26. The van der Waals surface area contributed by atoms with Gasteiger partial charge in [0.25, 0.3) is 0 Å². The van der Waals surface area contributed by atoms with Gasteiger partial charge in [-0.1, -0.05) is 221 Å². The number of ether oxygens (including phenoxy) is 2. The topological polar surface area (TPSA) is 67.8 Å². The van der Waals surface area contributed by atoms with Crippen molar-refractivity contribution < 1.29 is 19.4 Å². The lowest BCUT2D eigenvalue weighted by molar-refractivity contribution is -0.0757. The van der Waals surface area contributed by atoms with Gasteiger partial charge in [-0.15, -0.1) is 0 Å². The van der Waals surface area contributed by atoms with Crippen molar-refractivity contribution in [1.82, 2.24) is 5.32 Å². The average Bonchev–Trinajstić information content (AvgIpc) is 3.10. The quantitative estimate of drug-likeness (QED) is 0.0606. The van der Waals surface area contributed by atoms with E-state index in [0.717, 1.165) is 38.2 Å². The average molecular weight is 796 g/mol. The van der Waals surface area contributed by atoms with Crippen molar-refractivity contribution in [3.63, 3.8) is 0 Å². The predicted octanol–water partition coefficient (Wildman–Crippen LogP) is 17.4. The molecule has 0 aliphatic heterocycles. The van der Waals surface area contributed by atoms with Gasteiger partial charge in [0.05, 0.1) is 17.8 Å². The largest absolute Gasteiger partial charge is 0.465 e. The third kappa shape index (κ3) is 44.3. The summed E-state index contributed by atoms with van der Waals surface area (Å²) in [6.07, 6.45) is 42.8. The summed E-state index contributed by atoms with van der Waals surface area (Å²) < 4.78 is 11.5. The van der Waals surface area contributed by atoms with E-state index in [1.165, 1.54) is 186 Å². The van der Waals surface area contributed by atoms with Gasteiger partial charge in [0.2, 0.25) is 0 Å². The van der Waals surface area contributed by atoms with Crippen LogP contribution >= 0.6 is 0 Å². The molecule has 5 nitrogen and oxygen atoms in total. The Morgan fingerprint density at radius 1 is 0.536 bits per heavy atom. The first-order valence-corrected chi connectivity index (χ1v) is 24.8. The number of hydrogen-bond acceptors (Lipinski definition) is 3. The van der Waals surface area contributed by atoms with Crippen LogP contribution in [0.25, 0.3) is 0 Å². The van der Waals surface area contributed by atoms with Crippen LogP contribution < -0.4 is 5.32 Å². The molecular weight excluding hydrogens is 691 g/mol. The fraction of sp³-hybridized carbons (Fsp3) is 0.980. The van der Waals surface area contributed by atoms with E-state index in [1.54, 1.807) is 7.11 Å².